The lowest BCUT2D eigenvalue weighted by Gasteiger charge is -2.34. The van der Waals surface area contributed by atoms with E-state index in [1.807, 2.05) is 6.92 Å². The Kier molecular flexibility index (Phi) is 3.76. The molecule has 0 aromatic carbocycles. The Balaban J connectivity index is 2.02. The van der Waals surface area contributed by atoms with Crippen LogP contribution in [0.2, 0.25) is 0 Å². The molecule has 1 amide bonds. The van der Waals surface area contributed by atoms with Gasteiger partial charge in [0.25, 0.3) is 5.91 Å². The number of carbonyl (C=O) groups excluding carboxylic acids is 1. The maximum Gasteiger partial charge on any atom is 0.272 e. The molecule has 1 aromatic heterocycles. The third kappa shape index (κ3) is 2.95. The van der Waals surface area contributed by atoms with E-state index in [1.165, 1.54) is 0 Å². The van der Waals surface area contributed by atoms with Gasteiger partial charge in [0.15, 0.2) is 5.69 Å². The molecule has 98 valence electrons. The van der Waals surface area contributed by atoms with Gasteiger partial charge < -0.3 is 15.4 Å². The smallest absolute Gasteiger partial charge is 0.272 e. The first-order valence-electron chi connectivity index (χ1n) is 6.05. The highest BCUT2D eigenvalue weighted by Gasteiger charge is 2.29. The minimum Gasteiger partial charge on any atom is -0.381 e. The van der Waals surface area contributed by atoms with Crippen LogP contribution >= 0.6 is 0 Å². The van der Waals surface area contributed by atoms with Crippen molar-refractivity contribution in [1.29, 1.82) is 0 Å². The molecule has 2 heterocycles. The lowest BCUT2D eigenvalue weighted by atomic mass is 9.92. The lowest BCUT2D eigenvalue weighted by Crippen LogP contribution is -2.49. The number of amides is 1. The number of aromatic nitrogens is 2. The van der Waals surface area contributed by atoms with Gasteiger partial charge in [-0.3, -0.25) is 4.79 Å². The second-order valence-electron chi connectivity index (χ2n) is 4.68. The van der Waals surface area contributed by atoms with Gasteiger partial charge in [0.05, 0.1) is 0 Å². The Morgan fingerprint density at radius 3 is 2.61 bits per heavy atom. The van der Waals surface area contributed by atoms with Crippen LogP contribution in [-0.4, -0.2) is 41.9 Å². The average Bonchev–Trinajstić information content (AvgIpc) is 2.39. The van der Waals surface area contributed by atoms with E-state index in [-0.39, 0.29) is 11.4 Å². The summed E-state index contributed by atoms with van der Waals surface area (Å²) in [5.74, 6) is 0.457. The molecule has 0 saturated carbocycles. The minimum atomic E-state index is -0.210. The highest BCUT2D eigenvalue weighted by Crippen LogP contribution is 2.20. The van der Waals surface area contributed by atoms with Crippen molar-refractivity contribution in [3.8, 4) is 0 Å². The largest absolute Gasteiger partial charge is 0.381 e. The normalized spacial score (nSPS) is 18.1. The van der Waals surface area contributed by atoms with Crippen LogP contribution in [0.3, 0.4) is 0 Å². The van der Waals surface area contributed by atoms with E-state index >= 15 is 0 Å². The van der Waals surface area contributed by atoms with E-state index in [0.29, 0.717) is 24.7 Å². The molecule has 2 N–H and O–H groups in total. The van der Waals surface area contributed by atoms with E-state index in [2.05, 4.69) is 20.8 Å². The summed E-state index contributed by atoms with van der Waals surface area (Å²) in [6.07, 6.45) is 1.64. The summed E-state index contributed by atoms with van der Waals surface area (Å²) in [6, 6.07) is 3.39. The maximum absolute atomic E-state index is 12.0. The van der Waals surface area contributed by atoms with E-state index < -0.39 is 0 Å². The topological polar surface area (TPSA) is 76.1 Å². The van der Waals surface area contributed by atoms with Crippen molar-refractivity contribution in [3.05, 3.63) is 17.8 Å². The van der Waals surface area contributed by atoms with Crippen LogP contribution in [0.25, 0.3) is 0 Å². The number of rotatable bonds is 3. The highest BCUT2D eigenvalue weighted by atomic mass is 16.5. The number of ether oxygens (including phenoxy) is 1. The monoisotopic (exact) mass is 250 g/mol. The van der Waals surface area contributed by atoms with E-state index in [0.717, 1.165) is 12.8 Å². The van der Waals surface area contributed by atoms with Crippen LogP contribution < -0.4 is 10.6 Å². The predicted molar refractivity (Wildman–Crippen MR) is 67.5 cm³/mol. The summed E-state index contributed by atoms with van der Waals surface area (Å²) >= 11 is 0. The van der Waals surface area contributed by atoms with Gasteiger partial charge >= 0.3 is 0 Å². The summed E-state index contributed by atoms with van der Waals surface area (Å²) < 4.78 is 5.29. The lowest BCUT2D eigenvalue weighted by molar-refractivity contribution is 0.0421. The first-order chi connectivity index (χ1) is 8.63. The SMILES string of the molecule is CNc1ccc(C(=O)NC2(C)CCOCC2)nn1. The van der Waals surface area contributed by atoms with Gasteiger partial charge in [-0.15, -0.1) is 10.2 Å². The van der Waals surface area contributed by atoms with Gasteiger partial charge in [0.1, 0.15) is 5.82 Å². The van der Waals surface area contributed by atoms with Gasteiger partial charge in [-0.05, 0) is 31.9 Å². The molecule has 2 rings (SSSR count). The molecule has 0 radical (unpaired) electrons. The summed E-state index contributed by atoms with van der Waals surface area (Å²) in [4.78, 5) is 12.0. The second-order valence-corrected chi connectivity index (χ2v) is 4.68. The molecule has 1 saturated heterocycles. The number of nitrogens with one attached hydrogen (secondary N) is 2. The maximum atomic E-state index is 12.0. The fourth-order valence-corrected chi connectivity index (χ4v) is 1.87. The number of anilines is 1. The van der Waals surface area contributed by atoms with Crippen molar-refractivity contribution in [2.45, 2.75) is 25.3 Å². The fraction of sp³-hybridized carbons (Fsp3) is 0.583. The molecule has 1 fully saturated rings. The van der Waals surface area contributed by atoms with Gasteiger partial charge in [-0.2, -0.15) is 0 Å². The molecule has 0 unspecified atom stereocenters. The molecule has 0 aliphatic carbocycles. The van der Waals surface area contributed by atoms with Crippen molar-refractivity contribution >= 4 is 11.7 Å². The Morgan fingerprint density at radius 1 is 1.33 bits per heavy atom. The third-order valence-electron chi connectivity index (χ3n) is 3.16. The molecule has 1 aliphatic rings. The number of hydrogen-bond acceptors (Lipinski definition) is 5. The minimum absolute atomic E-state index is 0.186. The van der Waals surface area contributed by atoms with Crippen molar-refractivity contribution in [2.24, 2.45) is 0 Å². The Labute approximate surface area is 106 Å². The van der Waals surface area contributed by atoms with Crippen molar-refractivity contribution < 1.29 is 9.53 Å². The van der Waals surface area contributed by atoms with Crippen LogP contribution in [0.1, 0.15) is 30.3 Å². The van der Waals surface area contributed by atoms with Crippen LogP contribution in [0.15, 0.2) is 12.1 Å². The van der Waals surface area contributed by atoms with E-state index in [9.17, 15) is 4.79 Å². The van der Waals surface area contributed by atoms with E-state index in [1.54, 1.807) is 19.2 Å². The standard InChI is InChI=1S/C12H18N4O2/c1-12(5-7-18-8-6-12)14-11(17)9-3-4-10(13-2)16-15-9/h3-4H,5-8H2,1-2H3,(H,13,16)(H,14,17). The van der Waals surface area contributed by atoms with Gasteiger partial charge in [0, 0.05) is 25.8 Å². The van der Waals surface area contributed by atoms with Crippen LogP contribution in [-0.2, 0) is 4.74 Å². The average molecular weight is 250 g/mol. The molecule has 0 bridgehead atoms. The molecular weight excluding hydrogens is 232 g/mol. The fourth-order valence-electron chi connectivity index (χ4n) is 1.87. The number of hydrogen-bond donors (Lipinski definition) is 2. The first-order valence-corrected chi connectivity index (χ1v) is 6.05. The molecule has 1 aromatic rings. The second kappa shape index (κ2) is 5.30. The Morgan fingerprint density at radius 2 is 2.06 bits per heavy atom. The van der Waals surface area contributed by atoms with Gasteiger partial charge in [-0.25, -0.2) is 0 Å². The number of carbonyl (C=O) groups is 1. The quantitative estimate of drug-likeness (QED) is 0.830. The summed E-state index contributed by atoms with van der Waals surface area (Å²) in [5.41, 5.74) is 0.125. The van der Waals surface area contributed by atoms with Gasteiger partial charge in [0.2, 0.25) is 0 Å². The predicted octanol–water partition coefficient (Wildman–Crippen LogP) is 0.817. The van der Waals surface area contributed by atoms with Crippen LogP contribution in [0, 0.1) is 0 Å². The molecule has 0 atom stereocenters. The van der Waals surface area contributed by atoms with Crippen LogP contribution in [0.5, 0.6) is 0 Å². The molecule has 0 spiro atoms. The summed E-state index contributed by atoms with van der Waals surface area (Å²) in [7, 11) is 1.76. The molecule has 6 heteroatoms. The van der Waals surface area contributed by atoms with Crippen molar-refractivity contribution in [2.75, 3.05) is 25.6 Å². The molecule has 18 heavy (non-hydrogen) atoms. The molecule has 1 aliphatic heterocycles. The third-order valence-corrected chi connectivity index (χ3v) is 3.16. The zero-order valence-corrected chi connectivity index (χ0v) is 10.7. The number of nitrogens with zero attached hydrogens (tertiary/aromatic N) is 2. The van der Waals surface area contributed by atoms with Crippen molar-refractivity contribution in [1.82, 2.24) is 15.5 Å². The van der Waals surface area contributed by atoms with Crippen molar-refractivity contribution in [3.63, 3.8) is 0 Å². The summed E-state index contributed by atoms with van der Waals surface area (Å²) in [5, 5.41) is 13.6. The van der Waals surface area contributed by atoms with E-state index in [4.69, 9.17) is 4.74 Å². The first kappa shape index (κ1) is 12.8. The zero-order chi connectivity index (χ0) is 13.0. The Bertz CT molecular complexity index is 413. The van der Waals surface area contributed by atoms with Crippen LogP contribution in [0.4, 0.5) is 5.82 Å². The summed E-state index contributed by atoms with van der Waals surface area (Å²) in [6.45, 7) is 3.39. The zero-order valence-electron chi connectivity index (χ0n) is 10.7. The molecular formula is C12H18N4O2. The Hall–Kier alpha value is -1.69. The van der Waals surface area contributed by atoms with Gasteiger partial charge in [-0.1, -0.05) is 0 Å². The molecule has 6 nitrogen and oxygen atoms in total. The highest BCUT2D eigenvalue weighted by molar-refractivity contribution is 5.92.